The van der Waals surface area contributed by atoms with Gasteiger partial charge in [-0.25, -0.2) is 0 Å². The standard InChI is InChI=1S/C55H32N2/c56-33-34-25-28-36(29-26-34)57-51-30-27-35-13-1-2-14-37(35)53(51)42-31-41-40-17-5-8-20-45(40)55(50(41)32-52(42)57)48-23-11-9-21-46(48)54(47-22-10-12-24-49(47)55)43-18-6-3-15-38(43)39-16-4-7-19-44(39)54/h1-32H. The lowest BCUT2D eigenvalue weighted by atomic mass is 9.52. The van der Waals surface area contributed by atoms with Crippen molar-refractivity contribution in [2.24, 2.45) is 0 Å². The van der Waals surface area contributed by atoms with E-state index in [4.69, 9.17) is 0 Å². The van der Waals surface area contributed by atoms with Crippen LogP contribution in [0.5, 0.6) is 0 Å². The molecule has 0 unspecified atom stereocenters. The highest BCUT2D eigenvalue weighted by Gasteiger charge is 2.59. The van der Waals surface area contributed by atoms with E-state index in [0.29, 0.717) is 5.56 Å². The van der Waals surface area contributed by atoms with Gasteiger partial charge in [-0.3, -0.25) is 0 Å². The van der Waals surface area contributed by atoms with E-state index in [1.165, 1.54) is 88.3 Å². The molecule has 2 nitrogen and oxygen atoms in total. The third kappa shape index (κ3) is 3.57. The molecule has 0 aliphatic heterocycles. The Morgan fingerprint density at radius 3 is 1.40 bits per heavy atom. The Hall–Kier alpha value is -7.47. The summed E-state index contributed by atoms with van der Waals surface area (Å²) in [6.45, 7) is 0. The molecular weight excluding hydrogens is 689 g/mol. The lowest BCUT2D eigenvalue weighted by molar-refractivity contribution is 0.633. The van der Waals surface area contributed by atoms with Crippen LogP contribution in [0.3, 0.4) is 0 Å². The average Bonchev–Trinajstić information content (AvgIpc) is 3.88. The second-order valence-electron chi connectivity index (χ2n) is 15.8. The minimum Gasteiger partial charge on any atom is -0.309 e. The molecule has 13 rings (SSSR count). The zero-order valence-corrected chi connectivity index (χ0v) is 30.9. The summed E-state index contributed by atoms with van der Waals surface area (Å²) in [6, 6.07) is 74.5. The molecule has 57 heavy (non-hydrogen) atoms. The van der Waals surface area contributed by atoms with Crippen LogP contribution in [0.2, 0.25) is 0 Å². The first kappa shape index (κ1) is 30.8. The largest absolute Gasteiger partial charge is 0.309 e. The first-order chi connectivity index (χ1) is 28.2. The van der Waals surface area contributed by atoms with Gasteiger partial charge in [-0.2, -0.15) is 5.26 Å². The number of fused-ring (bicyclic) bond motifs is 21. The lowest BCUT2D eigenvalue weighted by Gasteiger charge is -2.48. The van der Waals surface area contributed by atoms with Gasteiger partial charge in [0.2, 0.25) is 0 Å². The highest BCUT2D eigenvalue weighted by atomic mass is 15.0. The van der Waals surface area contributed by atoms with Crippen LogP contribution in [0.1, 0.15) is 50.1 Å². The minimum atomic E-state index is -0.584. The molecule has 2 spiro atoms. The Morgan fingerprint density at radius 2 is 0.842 bits per heavy atom. The third-order valence-corrected chi connectivity index (χ3v) is 13.5. The van der Waals surface area contributed by atoms with Gasteiger partial charge >= 0.3 is 0 Å². The van der Waals surface area contributed by atoms with E-state index in [2.05, 4.69) is 193 Å². The number of aromatic nitrogens is 1. The Labute approximate surface area is 330 Å². The fourth-order valence-electron chi connectivity index (χ4n) is 11.5. The molecule has 0 atom stereocenters. The molecule has 0 N–H and O–H groups in total. The number of nitrogens with zero attached hydrogens (tertiary/aromatic N) is 2. The SMILES string of the molecule is N#Cc1ccc(-n2c3cc4c(cc3c3c5ccccc5ccc32)-c2ccccc2C42c3ccccc3C3(c4ccccc4-c4ccccc43)c3ccccc32)cc1. The Kier molecular flexibility index (Phi) is 5.86. The van der Waals surface area contributed by atoms with Crippen LogP contribution in [0.4, 0.5) is 0 Å². The minimum absolute atomic E-state index is 0.482. The predicted molar refractivity (Wildman–Crippen MR) is 231 cm³/mol. The Morgan fingerprint density at radius 1 is 0.368 bits per heavy atom. The van der Waals surface area contributed by atoms with Crippen molar-refractivity contribution in [3.8, 4) is 34.0 Å². The van der Waals surface area contributed by atoms with Crippen LogP contribution in [-0.4, -0.2) is 4.57 Å². The fraction of sp³-hybridized carbons (Fsp3) is 0.0364. The van der Waals surface area contributed by atoms with Gasteiger partial charge in [0.1, 0.15) is 0 Å². The van der Waals surface area contributed by atoms with Crippen molar-refractivity contribution in [3.05, 3.63) is 244 Å². The summed E-state index contributed by atoms with van der Waals surface area (Å²) >= 11 is 0. The lowest BCUT2D eigenvalue weighted by Crippen LogP contribution is -2.43. The van der Waals surface area contributed by atoms with Crippen LogP contribution in [0.25, 0.3) is 60.5 Å². The number of nitriles is 1. The molecule has 0 fully saturated rings. The van der Waals surface area contributed by atoms with Crippen molar-refractivity contribution in [1.82, 2.24) is 4.57 Å². The van der Waals surface area contributed by atoms with Crippen molar-refractivity contribution in [2.75, 3.05) is 0 Å². The van der Waals surface area contributed by atoms with Crippen LogP contribution >= 0.6 is 0 Å². The summed E-state index contributed by atoms with van der Waals surface area (Å²) in [7, 11) is 0. The van der Waals surface area contributed by atoms with Gasteiger partial charge < -0.3 is 4.57 Å². The molecule has 3 aliphatic rings. The summed E-state index contributed by atoms with van der Waals surface area (Å²) in [5.74, 6) is 0. The molecule has 0 saturated carbocycles. The average molecular weight is 721 g/mol. The van der Waals surface area contributed by atoms with Crippen molar-refractivity contribution >= 4 is 32.6 Å². The topological polar surface area (TPSA) is 28.7 Å². The summed E-state index contributed by atoms with van der Waals surface area (Å²) in [5, 5.41) is 14.7. The molecule has 3 aliphatic carbocycles. The van der Waals surface area contributed by atoms with Crippen molar-refractivity contribution in [1.29, 1.82) is 5.26 Å². The van der Waals surface area contributed by atoms with Crippen LogP contribution in [-0.2, 0) is 10.8 Å². The molecule has 9 aromatic carbocycles. The molecule has 1 heterocycles. The molecule has 262 valence electrons. The highest BCUT2D eigenvalue weighted by molar-refractivity contribution is 6.22. The first-order valence-electron chi connectivity index (χ1n) is 19.7. The zero-order valence-electron chi connectivity index (χ0n) is 30.9. The van der Waals surface area contributed by atoms with E-state index < -0.39 is 10.8 Å². The third-order valence-electron chi connectivity index (χ3n) is 13.5. The van der Waals surface area contributed by atoms with E-state index in [9.17, 15) is 5.26 Å². The Balaban J connectivity index is 1.22. The quantitative estimate of drug-likeness (QED) is 0.166. The number of benzene rings is 9. The second-order valence-corrected chi connectivity index (χ2v) is 15.8. The van der Waals surface area contributed by atoms with Gasteiger partial charge in [0.15, 0.2) is 0 Å². The molecule has 0 bridgehead atoms. The molecule has 1 aromatic heterocycles. The molecule has 10 aromatic rings. The molecule has 0 saturated heterocycles. The first-order valence-corrected chi connectivity index (χ1v) is 19.7. The van der Waals surface area contributed by atoms with Gasteiger partial charge in [-0.15, -0.1) is 0 Å². The molecule has 0 radical (unpaired) electrons. The number of rotatable bonds is 1. The maximum absolute atomic E-state index is 9.74. The van der Waals surface area contributed by atoms with Crippen LogP contribution in [0.15, 0.2) is 194 Å². The summed E-state index contributed by atoms with van der Waals surface area (Å²) in [5.41, 5.74) is 18.7. The van der Waals surface area contributed by atoms with Crippen LogP contribution < -0.4 is 0 Å². The smallest absolute Gasteiger partial charge is 0.0991 e. The zero-order chi connectivity index (χ0) is 37.5. The monoisotopic (exact) mass is 720 g/mol. The van der Waals surface area contributed by atoms with E-state index in [0.717, 1.165) is 16.7 Å². The number of hydrogen-bond acceptors (Lipinski definition) is 1. The predicted octanol–water partition coefficient (Wildman–Crippen LogP) is 12.8. The maximum Gasteiger partial charge on any atom is 0.0991 e. The number of hydrogen-bond donors (Lipinski definition) is 0. The normalized spacial score (nSPS) is 14.6. The van der Waals surface area contributed by atoms with Gasteiger partial charge in [-0.1, -0.05) is 152 Å². The maximum atomic E-state index is 9.74. The summed E-state index contributed by atoms with van der Waals surface area (Å²) < 4.78 is 2.42. The summed E-state index contributed by atoms with van der Waals surface area (Å²) in [6.07, 6.45) is 0. The van der Waals surface area contributed by atoms with Gasteiger partial charge in [0.25, 0.3) is 0 Å². The van der Waals surface area contributed by atoms with Crippen LogP contribution in [0, 0.1) is 11.3 Å². The molecular formula is C55H32N2. The molecule has 2 heteroatoms. The van der Waals surface area contributed by atoms with E-state index in [1.807, 2.05) is 12.1 Å². The van der Waals surface area contributed by atoms with Gasteiger partial charge in [0.05, 0.1) is 33.5 Å². The van der Waals surface area contributed by atoms with Gasteiger partial charge in [-0.05, 0) is 120 Å². The van der Waals surface area contributed by atoms with E-state index in [-0.39, 0.29) is 0 Å². The fourth-order valence-corrected chi connectivity index (χ4v) is 11.5. The molecule has 0 amide bonds. The summed E-state index contributed by atoms with van der Waals surface area (Å²) in [4.78, 5) is 0. The van der Waals surface area contributed by atoms with Crippen molar-refractivity contribution in [3.63, 3.8) is 0 Å². The van der Waals surface area contributed by atoms with Crippen molar-refractivity contribution in [2.45, 2.75) is 10.8 Å². The van der Waals surface area contributed by atoms with E-state index in [1.54, 1.807) is 0 Å². The van der Waals surface area contributed by atoms with E-state index >= 15 is 0 Å². The second kappa shape index (κ2) is 10.8. The highest BCUT2D eigenvalue weighted by Crippen LogP contribution is 2.67. The Bertz CT molecular complexity index is 3330. The van der Waals surface area contributed by atoms with Crippen molar-refractivity contribution < 1.29 is 0 Å². The van der Waals surface area contributed by atoms with Gasteiger partial charge in [0, 0.05) is 16.5 Å².